The first-order valence-electron chi connectivity index (χ1n) is 9.01. The Labute approximate surface area is 171 Å². The van der Waals surface area contributed by atoms with E-state index in [9.17, 15) is 9.59 Å². The second-order valence-corrected chi connectivity index (χ2v) is 7.74. The lowest BCUT2D eigenvalue weighted by molar-refractivity contribution is -0.133. The summed E-state index contributed by atoms with van der Waals surface area (Å²) in [5, 5.41) is 0.255. The SMILES string of the molecule is CCN1C(=O)C(=Cc2cc3sc(-c4ccccc4)cc3o2)C(=O)N(CC)C1=S. The van der Waals surface area contributed by atoms with Crippen molar-refractivity contribution < 1.29 is 14.0 Å². The summed E-state index contributed by atoms with van der Waals surface area (Å²) in [6, 6.07) is 13.9. The second kappa shape index (κ2) is 7.33. The molecule has 1 fully saturated rings. The minimum Gasteiger partial charge on any atom is -0.456 e. The van der Waals surface area contributed by atoms with E-state index in [-0.39, 0.29) is 22.5 Å². The first-order chi connectivity index (χ1) is 13.5. The standard InChI is InChI=1S/C21H18N2O3S2/c1-3-22-19(24)15(20(25)23(4-2)21(22)27)10-14-11-18-16(26-14)12-17(28-18)13-8-6-5-7-9-13/h5-12H,3-4H2,1-2H3. The number of fused-ring (bicyclic) bond motifs is 1. The van der Waals surface area contributed by atoms with Gasteiger partial charge in [0.2, 0.25) is 0 Å². The maximum atomic E-state index is 12.7. The smallest absolute Gasteiger partial charge is 0.265 e. The third kappa shape index (κ3) is 3.06. The Balaban J connectivity index is 1.70. The highest BCUT2D eigenvalue weighted by Crippen LogP contribution is 2.36. The number of carbonyl (C=O) groups is 2. The van der Waals surface area contributed by atoms with Gasteiger partial charge >= 0.3 is 0 Å². The van der Waals surface area contributed by atoms with Gasteiger partial charge in [0, 0.05) is 30.1 Å². The fraction of sp³-hybridized carbons (Fsp3) is 0.190. The van der Waals surface area contributed by atoms with Crippen molar-refractivity contribution in [2.75, 3.05) is 13.1 Å². The van der Waals surface area contributed by atoms with E-state index in [2.05, 4.69) is 12.1 Å². The summed E-state index contributed by atoms with van der Waals surface area (Å²) >= 11 is 6.89. The van der Waals surface area contributed by atoms with Gasteiger partial charge in [-0.3, -0.25) is 19.4 Å². The molecule has 1 saturated heterocycles. The molecule has 3 heterocycles. The van der Waals surface area contributed by atoms with Crippen molar-refractivity contribution in [3.05, 3.63) is 53.8 Å². The van der Waals surface area contributed by atoms with Crippen molar-refractivity contribution in [3.63, 3.8) is 0 Å². The molecule has 0 aliphatic carbocycles. The van der Waals surface area contributed by atoms with Gasteiger partial charge in [0.25, 0.3) is 11.8 Å². The van der Waals surface area contributed by atoms with Gasteiger partial charge in [0.05, 0.1) is 4.70 Å². The van der Waals surface area contributed by atoms with Gasteiger partial charge in [-0.25, -0.2) is 0 Å². The third-order valence-electron chi connectivity index (χ3n) is 4.62. The molecule has 0 saturated carbocycles. The van der Waals surface area contributed by atoms with E-state index >= 15 is 0 Å². The van der Waals surface area contributed by atoms with Crippen molar-refractivity contribution in [1.82, 2.24) is 9.80 Å². The first-order valence-corrected chi connectivity index (χ1v) is 10.2. The summed E-state index contributed by atoms with van der Waals surface area (Å²) in [5.41, 5.74) is 1.94. The first kappa shape index (κ1) is 18.6. The monoisotopic (exact) mass is 410 g/mol. The number of benzene rings is 1. The number of likely N-dealkylation sites (N-methyl/N-ethyl adjacent to an activating group) is 2. The van der Waals surface area contributed by atoms with Crippen LogP contribution in [0.15, 0.2) is 52.5 Å². The molecule has 7 heteroatoms. The van der Waals surface area contributed by atoms with Crippen LogP contribution in [0.3, 0.4) is 0 Å². The maximum Gasteiger partial charge on any atom is 0.265 e. The number of thiophene rings is 1. The minimum atomic E-state index is -0.382. The van der Waals surface area contributed by atoms with Gasteiger partial charge in [-0.1, -0.05) is 30.3 Å². The highest BCUT2D eigenvalue weighted by atomic mass is 32.1. The number of rotatable bonds is 4. The molecule has 0 atom stereocenters. The van der Waals surface area contributed by atoms with E-state index in [1.54, 1.807) is 11.3 Å². The highest BCUT2D eigenvalue weighted by Gasteiger charge is 2.38. The summed E-state index contributed by atoms with van der Waals surface area (Å²) in [5.74, 6) is -0.281. The van der Waals surface area contributed by atoms with Gasteiger partial charge in [-0.05, 0) is 37.7 Å². The summed E-state index contributed by atoms with van der Waals surface area (Å²) in [6.45, 7) is 4.48. The van der Waals surface area contributed by atoms with Gasteiger partial charge < -0.3 is 4.42 Å². The predicted octanol–water partition coefficient (Wildman–Crippen LogP) is 4.54. The number of amides is 2. The second-order valence-electron chi connectivity index (χ2n) is 6.29. The van der Waals surface area contributed by atoms with Crippen LogP contribution in [0.1, 0.15) is 19.6 Å². The molecule has 142 valence electrons. The molecule has 1 aliphatic rings. The highest BCUT2D eigenvalue weighted by molar-refractivity contribution is 7.80. The molecule has 0 bridgehead atoms. The van der Waals surface area contributed by atoms with Gasteiger partial charge in [0.15, 0.2) is 5.11 Å². The van der Waals surface area contributed by atoms with E-state index in [1.165, 1.54) is 15.9 Å². The lowest BCUT2D eigenvalue weighted by atomic mass is 10.1. The Kier molecular flexibility index (Phi) is 4.87. The van der Waals surface area contributed by atoms with Crippen molar-refractivity contribution in [2.24, 2.45) is 0 Å². The predicted molar refractivity (Wildman–Crippen MR) is 115 cm³/mol. The zero-order valence-corrected chi connectivity index (χ0v) is 17.1. The summed E-state index contributed by atoms with van der Waals surface area (Å²) in [7, 11) is 0. The zero-order chi connectivity index (χ0) is 19.8. The van der Waals surface area contributed by atoms with Crippen LogP contribution in [-0.2, 0) is 9.59 Å². The van der Waals surface area contributed by atoms with E-state index < -0.39 is 0 Å². The van der Waals surface area contributed by atoms with Gasteiger partial charge in [-0.2, -0.15) is 0 Å². The average molecular weight is 411 g/mol. The van der Waals surface area contributed by atoms with E-state index in [0.717, 1.165) is 20.7 Å². The third-order valence-corrected chi connectivity index (χ3v) is 6.17. The molecule has 2 amide bonds. The molecular weight excluding hydrogens is 392 g/mol. The van der Waals surface area contributed by atoms with Crippen LogP contribution < -0.4 is 0 Å². The van der Waals surface area contributed by atoms with Crippen molar-refractivity contribution in [1.29, 1.82) is 0 Å². The largest absolute Gasteiger partial charge is 0.456 e. The van der Waals surface area contributed by atoms with Crippen molar-refractivity contribution in [2.45, 2.75) is 13.8 Å². The van der Waals surface area contributed by atoms with Crippen LogP contribution in [0.2, 0.25) is 0 Å². The van der Waals surface area contributed by atoms with Gasteiger partial charge in [-0.15, -0.1) is 11.3 Å². The number of furan rings is 1. The summed E-state index contributed by atoms with van der Waals surface area (Å²) in [4.78, 5) is 29.4. The molecule has 2 aromatic heterocycles. The summed E-state index contributed by atoms with van der Waals surface area (Å²) < 4.78 is 6.86. The fourth-order valence-corrected chi connectivity index (χ4v) is 4.65. The molecule has 0 spiro atoms. The number of carbonyl (C=O) groups excluding carboxylic acids is 2. The number of hydrogen-bond acceptors (Lipinski definition) is 5. The molecule has 28 heavy (non-hydrogen) atoms. The fourth-order valence-electron chi connectivity index (χ4n) is 3.20. The molecule has 0 unspecified atom stereocenters. The molecule has 0 N–H and O–H groups in total. The normalized spacial score (nSPS) is 15.1. The van der Waals surface area contributed by atoms with E-state index in [4.69, 9.17) is 16.6 Å². The van der Waals surface area contributed by atoms with Crippen LogP contribution >= 0.6 is 23.6 Å². The molecular formula is C21H18N2O3S2. The average Bonchev–Trinajstić information content (AvgIpc) is 3.25. The number of nitrogens with zero attached hydrogens (tertiary/aromatic N) is 2. The molecule has 5 nitrogen and oxygen atoms in total. The molecule has 1 aromatic carbocycles. The Bertz CT molecular complexity index is 1050. The Hall–Kier alpha value is -2.77. The van der Waals surface area contributed by atoms with Crippen LogP contribution in [0.5, 0.6) is 0 Å². The van der Waals surface area contributed by atoms with Crippen LogP contribution in [0, 0.1) is 0 Å². The zero-order valence-electron chi connectivity index (χ0n) is 15.5. The lowest BCUT2D eigenvalue weighted by Gasteiger charge is -2.35. The quantitative estimate of drug-likeness (QED) is 0.360. The summed E-state index contributed by atoms with van der Waals surface area (Å²) in [6.07, 6.45) is 1.52. The molecule has 1 aliphatic heterocycles. The minimum absolute atomic E-state index is 0.0713. The topological polar surface area (TPSA) is 53.8 Å². The Morgan fingerprint density at radius 2 is 1.68 bits per heavy atom. The van der Waals surface area contributed by atoms with Crippen LogP contribution in [-0.4, -0.2) is 39.8 Å². The molecule has 0 radical (unpaired) electrons. The number of hydrogen-bond donors (Lipinski definition) is 0. The van der Waals surface area contributed by atoms with Crippen LogP contribution in [0.25, 0.3) is 26.8 Å². The van der Waals surface area contributed by atoms with E-state index in [1.807, 2.05) is 44.2 Å². The lowest BCUT2D eigenvalue weighted by Crippen LogP contribution is -2.55. The maximum absolute atomic E-state index is 12.7. The molecule has 4 rings (SSSR count). The molecule has 3 aromatic rings. The Morgan fingerprint density at radius 3 is 2.25 bits per heavy atom. The Morgan fingerprint density at radius 1 is 1.04 bits per heavy atom. The number of thiocarbonyl (C=S) groups is 1. The van der Waals surface area contributed by atoms with Crippen molar-refractivity contribution >= 4 is 56.8 Å². The van der Waals surface area contributed by atoms with E-state index in [0.29, 0.717) is 18.8 Å². The van der Waals surface area contributed by atoms with Crippen LogP contribution in [0.4, 0.5) is 0 Å². The van der Waals surface area contributed by atoms with Gasteiger partial charge in [0.1, 0.15) is 16.9 Å². The van der Waals surface area contributed by atoms with Crippen molar-refractivity contribution in [3.8, 4) is 10.4 Å².